The maximum Gasteiger partial charge on any atom is 0.258 e. The molecule has 1 aromatic carbocycles. The summed E-state index contributed by atoms with van der Waals surface area (Å²) >= 11 is 6.05. The number of piperidine rings is 1. The SMILES string of the molecule is CCCN1CCC(Oc2cc(F)ccc2C(=O)N2CC(=N)/C(=C3/N=C(C)C(Cl)=CN3)C2)CC1. The van der Waals surface area contributed by atoms with Crippen molar-refractivity contribution in [3.63, 3.8) is 0 Å². The minimum atomic E-state index is -0.443. The Hall–Kier alpha value is -2.71. The molecule has 33 heavy (non-hydrogen) atoms. The number of amides is 1. The van der Waals surface area contributed by atoms with Crippen LogP contribution in [0.4, 0.5) is 4.39 Å². The van der Waals surface area contributed by atoms with Crippen molar-refractivity contribution in [1.82, 2.24) is 15.1 Å². The van der Waals surface area contributed by atoms with Gasteiger partial charge in [-0.05, 0) is 44.9 Å². The van der Waals surface area contributed by atoms with Crippen molar-refractivity contribution in [2.45, 2.75) is 39.2 Å². The highest BCUT2D eigenvalue weighted by molar-refractivity contribution is 6.43. The lowest BCUT2D eigenvalue weighted by molar-refractivity contribution is 0.0778. The molecule has 3 aliphatic heterocycles. The largest absolute Gasteiger partial charge is 0.489 e. The molecule has 0 aliphatic carbocycles. The molecule has 0 saturated carbocycles. The molecule has 4 rings (SSSR count). The minimum Gasteiger partial charge on any atom is -0.489 e. The van der Waals surface area contributed by atoms with Gasteiger partial charge in [-0.25, -0.2) is 9.38 Å². The number of nitrogens with zero attached hydrogens (tertiary/aromatic N) is 3. The monoisotopic (exact) mass is 473 g/mol. The first-order valence-corrected chi connectivity index (χ1v) is 11.7. The quantitative estimate of drug-likeness (QED) is 0.679. The third kappa shape index (κ3) is 5.28. The van der Waals surface area contributed by atoms with E-state index in [4.69, 9.17) is 21.7 Å². The van der Waals surface area contributed by atoms with Crippen LogP contribution in [0.5, 0.6) is 5.75 Å². The lowest BCUT2D eigenvalue weighted by Gasteiger charge is -2.32. The molecule has 0 radical (unpaired) electrons. The molecule has 3 heterocycles. The van der Waals surface area contributed by atoms with E-state index in [1.165, 1.54) is 18.2 Å². The van der Waals surface area contributed by atoms with Gasteiger partial charge < -0.3 is 25.3 Å². The van der Waals surface area contributed by atoms with Gasteiger partial charge in [0.05, 0.1) is 35.1 Å². The number of aliphatic imine (C=N–C) groups is 1. The standard InChI is InChI=1S/C24H29ClFN5O2/c1-3-8-30-9-6-17(7-10-30)33-22-11-16(26)4-5-18(22)24(32)31-13-19(21(27)14-31)23-28-12-20(25)15(2)29-23/h4-5,11-12,17,27-28H,3,6-10,13-14H2,1-2H3/b23-19+,27-21?. The van der Waals surface area contributed by atoms with Crippen LogP contribution >= 0.6 is 11.6 Å². The van der Waals surface area contributed by atoms with E-state index in [0.717, 1.165) is 38.9 Å². The number of hydrogen-bond acceptors (Lipinski definition) is 6. The lowest BCUT2D eigenvalue weighted by atomic mass is 10.1. The molecule has 2 saturated heterocycles. The number of carbonyl (C=O) groups excluding carboxylic acids is 1. The summed E-state index contributed by atoms with van der Waals surface area (Å²) in [7, 11) is 0. The van der Waals surface area contributed by atoms with Crippen molar-refractivity contribution in [2.75, 3.05) is 32.7 Å². The maximum absolute atomic E-state index is 14.0. The molecule has 1 amide bonds. The zero-order valence-corrected chi connectivity index (χ0v) is 19.7. The van der Waals surface area contributed by atoms with Gasteiger partial charge in [0.1, 0.15) is 23.5 Å². The summed E-state index contributed by atoms with van der Waals surface area (Å²) in [6, 6.07) is 4.03. The summed E-state index contributed by atoms with van der Waals surface area (Å²) in [4.78, 5) is 21.7. The number of carbonyl (C=O) groups is 1. The predicted molar refractivity (Wildman–Crippen MR) is 128 cm³/mol. The number of likely N-dealkylation sites (tertiary alicyclic amines) is 2. The van der Waals surface area contributed by atoms with Crippen molar-refractivity contribution >= 4 is 28.9 Å². The molecule has 0 spiro atoms. The van der Waals surface area contributed by atoms with Crippen molar-refractivity contribution in [2.24, 2.45) is 4.99 Å². The number of hydrogen-bond donors (Lipinski definition) is 2. The molecular weight excluding hydrogens is 445 g/mol. The van der Waals surface area contributed by atoms with Crippen LogP contribution < -0.4 is 10.1 Å². The van der Waals surface area contributed by atoms with Crippen molar-refractivity contribution in [1.29, 1.82) is 5.41 Å². The van der Waals surface area contributed by atoms with Gasteiger partial charge in [-0.2, -0.15) is 0 Å². The van der Waals surface area contributed by atoms with Gasteiger partial charge in [-0.1, -0.05) is 18.5 Å². The second kappa shape index (κ2) is 10.1. The topological polar surface area (TPSA) is 81.0 Å². The van der Waals surface area contributed by atoms with Crippen LogP contribution in [0, 0.1) is 11.2 Å². The zero-order chi connectivity index (χ0) is 23.5. The highest BCUT2D eigenvalue weighted by Gasteiger charge is 2.32. The Bertz CT molecular complexity index is 1040. The summed E-state index contributed by atoms with van der Waals surface area (Å²) in [6.45, 7) is 7.26. The fourth-order valence-electron chi connectivity index (χ4n) is 4.32. The average Bonchev–Trinajstić information content (AvgIpc) is 3.18. The molecule has 0 aromatic heterocycles. The van der Waals surface area contributed by atoms with Gasteiger partial charge in [-0.3, -0.25) is 4.79 Å². The number of benzene rings is 1. The summed E-state index contributed by atoms with van der Waals surface area (Å²) in [5, 5.41) is 11.9. The molecule has 2 N–H and O–H groups in total. The summed E-state index contributed by atoms with van der Waals surface area (Å²) in [5.74, 6) is 0.0493. The van der Waals surface area contributed by atoms with Gasteiger partial charge in [0.2, 0.25) is 0 Å². The lowest BCUT2D eigenvalue weighted by Crippen LogP contribution is -2.39. The van der Waals surface area contributed by atoms with Gasteiger partial charge in [0.25, 0.3) is 5.91 Å². The number of halogens is 2. The first-order chi connectivity index (χ1) is 15.9. The molecule has 3 aliphatic rings. The summed E-state index contributed by atoms with van der Waals surface area (Å²) < 4.78 is 20.2. The van der Waals surface area contributed by atoms with E-state index < -0.39 is 5.82 Å². The van der Waals surface area contributed by atoms with Crippen molar-refractivity contribution in [3.05, 3.63) is 52.2 Å². The second-order valence-electron chi connectivity index (χ2n) is 8.60. The smallest absolute Gasteiger partial charge is 0.258 e. The Kier molecular flexibility index (Phi) is 7.14. The van der Waals surface area contributed by atoms with Crippen LogP contribution in [0.1, 0.15) is 43.5 Å². The van der Waals surface area contributed by atoms with Crippen LogP contribution in [0.3, 0.4) is 0 Å². The fraction of sp³-hybridized carbons (Fsp3) is 0.458. The minimum absolute atomic E-state index is 0.0544. The Labute approximate surface area is 198 Å². The van der Waals surface area contributed by atoms with E-state index in [1.54, 1.807) is 18.0 Å². The molecule has 7 nitrogen and oxygen atoms in total. The molecule has 0 atom stereocenters. The first-order valence-electron chi connectivity index (χ1n) is 11.3. The van der Waals surface area contributed by atoms with Crippen LogP contribution in [-0.2, 0) is 0 Å². The van der Waals surface area contributed by atoms with Gasteiger partial charge in [0.15, 0.2) is 0 Å². The highest BCUT2D eigenvalue weighted by atomic mass is 35.5. The maximum atomic E-state index is 14.0. The van der Waals surface area contributed by atoms with Crippen LogP contribution in [0.15, 0.2) is 45.8 Å². The average molecular weight is 474 g/mol. The van der Waals surface area contributed by atoms with Gasteiger partial charge in [-0.15, -0.1) is 0 Å². The Morgan fingerprint density at radius 1 is 1.33 bits per heavy atom. The van der Waals surface area contributed by atoms with Gasteiger partial charge in [0, 0.05) is 30.9 Å². The molecule has 9 heteroatoms. The predicted octanol–water partition coefficient (Wildman–Crippen LogP) is 3.91. The Morgan fingerprint density at radius 2 is 2.09 bits per heavy atom. The van der Waals surface area contributed by atoms with E-state index in [1.807, 2.05) is 0 Å². The van der Waals surface area contributed by atoms with Crippen molar-refractivity contribution in [3.8, 4) is 5.75 Å². The fourth-order valence-corrected chi connectivity index (χ4v) is 4.42. The zero-order valence-electron chi connectivity index (χ0n) is 19.0. The van der Waals surface area contributed by atoms with Crippen LogP contribution in [-0.4, -0.2) is 66.0 Å². The molecule has 0 unspecified atom stereocenters. The van der Waals surface area contributed by atoms with E-state index in [9.17, 15) is 9.18 Å². The van der Waals surface area contributed by atoms with Gasteiger partial charge >= 0.3 is 0 Å². The number of ether oxygens (including phenoxy) is 1. The first kappa shape index (κ1) is 23.4. The highest BCUT2D eigenvalue weighted by Crippen LogP contribution is 2.28. The number of rotatable bonds is 5. The Balaban J connectivity index is 1.50. The molecule has 2 fully saturated rings. The van der Waals surface area contributed by atoms with Crippen molar-refractivity contribution < 1.29 is 13.9 Å². The number of nitrogens with one attached hydrogen (secondary N) is 2. The van der Waals surface area contributed by atoms with E-state index >= 15 is 0 Å². The van der Waals surface area contributed by atoms with E-state index in [0.29, 0.717) is 33.4 Å². The number of allylic oxidation sites excluding steroid dienone is 1. The molecular formula is C24H29ClFN5O2. The Morgan fingerprint density at radius 3 is 2.79 bits per heavy atom. The second-order valence-corrected chi connectivity index (χ2v) is 9.01. The normalized spacial score (nSPS) is 22.2. The molecule has 0 bridgehead atoms. The van der Waals surface area contributed by atoms with E-state index in [2.05, 4.69) is 22.1 Å². The van der Waals surface area contributed by atoms with Crippen LogP contribution in [0.2, 0.25) is 0 Å². The van der Waals surface area contributed by atoms with Crippen LogP contribution in [0.25, 0.3) is 0 Å². The summed E-state index contributed by atoms with van der Waals surface area (Å²) in [5.41, 5.74) is 1.90. The van der Waals surface area contributed by atoms with E-state index in [-0.39, 0.29) is 30.9 Å². The third-order valence-corrected chi connectivity index (χ3v) is 6.52. The third-order valence-electron chi connectivity index (χ3n) is 6.14. The molecule has 176 valence electrons. The summed E-state index contributed by atoms with van der Waals surface area (Å²) in [6.07, 6.45) is 4.37. The molecule has 1 aromatic rings.